The Hall–Kier alpha value is -1.49. The van der Waals surface area contributed by atoms with E-state index in [9.17, 15) is 9.59 Å². The van der Waals surface area contributed by atoms with Gasteiger partial charge in [0.1, 0.15) is 0 Å². The average molecular weight is 361 g/mol. The van der Waals surface area contributed by atoms with Crippen LogP contribution >= 0.6 is 11.8 Å². The zero-order valence-corrected chi connectivity index (χ0v) is 15.9. The predicted octanol–water partition coefficient (Wildman–Crippen LogP) is 3.59. The van der Waals surface area contributed by atoms with Crippen LogP contribution in [0.25, 0.3) is 0 Å². The van der Waals surface area contributed by atoms with Gasteiger partial charge in [-0.1, -0.05) is 13.3 Å². The van der Waals surface area contributed by atoms with Crippen LogP contribution in [0.1, 0.15) is 54.9 Å². The molecule has 0 aliphatic carbocycles. The molecule has 0 bridgehead atoms. The van der Waals surface area contributed by atoms with Crippen LogP contribution in [-0.2, 0) is 11.2 Å². The minimum atomic E-state index is 0.112. The fraction of sp³-hybridized carbons (Fsp3) is 0.600. The molecule has 5 heteroatoms. The molecule has 1 fully saturated rings. The molecule has 0 atom stereocenters. The third-order valence-electron chi connectivity index (χ3n) is 5.04. The Kier molecular flexibility index (Phi) is 6.40. The Morgan fingerprint density at radius 1 is 1.08 bits per heavy atom. The molecule has 2 amide bonds. The van der Waals surface area contributed by atoms with Crippen molar-refractivity contribution in [3.63, 3.8) is 0 Å². The summed E-state index contributed by atoms with van der Waals surface area (Å²) in [5, 5.41) is 0. The average Bonchev–Trinajstić information content (AvgIpc) is 2.91. The smallest absolute Gasteiger partial charge is 0.253 e. The fourth-order valence-electron chi connectivity index (χ4n) is 3.53. The Labute approximate surface area is 154 Å². The van der Waals surface area contributed by atoms with Crippen molar-refractivity contribution < 1.29 is 9.59 Å². The lowest BCUT2D eigenvalue weighted by Gasteiger charge is -2.23. The number of carbonyl (C=O) groups excluding carboxylic acids is 2. The second kappa shape index (κ2) is 8.75. The second-order valence-electron chi connectivity index (χ2n) is 6.90. The summed E-state index contributed by atoms with van der Waals surface area (Å²) in [6.07, 6.45) is 5.75. The minimum Gasteiger partial charge on any atom is -0.341 e. The van der Waals surface area contributed by atoms with E-state index in [1.165, 1.54) is 22.6 Å². The maximum absolute atomic E-state index is 12.9. The standard InChI is InChI=1S/C20H28N2O2S/c1-2-3-7-19(23)21-10-5-11-22(13-12-21)20(24)17-8-9-18-16(15-17)6-4-14-25-18/h8-9,15H,2-7,10-14H2,1H3. The maximum atomic E-state index is 12.9. The predicted molar refractivity (Wildman–Crippen MR) is 102 cm³/mol. The Bertz CT molecular complexity index is 632. The molecule has 2 heterocycles. The molecular formula is C20H28N2O2S. The van der Waals surface area contributed by atoms with E-state index < -0.39 is 0 Å². The molecule has 0 saturated carbocycles. The van der Waals surface area contributed by atoms with Crippen molar-refractivity contribution in [2.45, 2.75) is 50.3 Å². The molecule has 1 aromatic carbocycles. The van der Waals surface area contributed by atoms with Gasteiger partial charge in [0.2, 0.25) is 5.91 Å². The van der Waals surface area contributed by atoms with E-state index in [1.54, 1.807) is 0 Å². The number of hydrogen-bond acceptors (Lipinski definition) is 3. The van der Waals surface area contributed by atoms with Crippen molar-refractivity contribution >= 4 is 23.6 Å². The first-order valence-electron chi connectivity index (χ1n) is 9.52. The van der Waals surface area contributed by atoms with E-state index in [0.29, 0.717) is 19.5 Å². The van der Waals surface area contributed by atoms with Gasteiger partial charge in [0, 0.05) is 43.1 Å². The van der Waals surface area contributed by atoms with Gasteiger partial charge in [-0.05, 0) is 55.2 Å². The van der Waals surface area contributed by atoms with Crippen LogP contribution in [0.4, 0.5) is 0 Å². The largest absolute Gasteiger partial charge is 0.341 e. The first-order chi connectivity index (χ1) is 12.2. The first kappa shape index (κ1) is 18.3. The number of thioether (sulfide) groups is 1. The lowest BCUT2D eigenvalue weighted by Crippen LogP contribution is -2.37. The summed E-state index contributed by atoms with van der Waals surface area (Å²) in [4.78, 5) is 30.3. The SMILES string of the molecule is CCCCC(=O)N1CCCN(C(=O)c2ccc3c(c2)CCCS3)CC1. The van der Waals surface area contributed by atoms with Gasteiger partial charge in [0.15, 0.2) is 0 Å². The van der Waals surface area contributed by atoms with Gasteiger partial charge in [0.05, 0.1) is 0 Å². The number of rotatable bonds is 4. The number of nitrogens with zero attached hydrogens (tertiary/aromatic N) is 2. The van der Waals surface area contributed by atoms with Crippen molar-refractivity contribution in [3.8, 4) is 0 Å². The number of carbonyl (C=O) groups is 2. The topological polar surface area (TPSA) is 40.6 Å². The summed E-state index contributed by atoms with van der Waals surface area (Å²) >= 11 is 1.89. The highest BCUT2D eigenvalue weighted by atomic mass is 32.2. The molecule has 4 nitrogen and oxygen atoms in total. The van der Waals surface area contributed by atoms with Crippen LogP contribution in [0.5, 0.6) is 0 Å². The summed E-state index contributed by atoms with van der Waals surface area (Å²) in [6.45, 7) is 4.92. The third-order valence-corrected chi connectivity index (χ3v) is 6.24. The minimum absolute atomic E-state index is 0.112. The van der Waals surface area contributed by atoms with Crippen LogP contribution in [-0.4, -0.2) is 53.5 Å². The van der Waals surface area contributed by atoms with Gasteiger partial charge in [-0.3, -0.25) is 9.59 Å². The Morgan fingerprint density at radius 2 is 1.88 bits per heavy atom. The van der Waals surface area contributed by atoms with Gasteiger partial charge in [-0.2, -0.15) is 0 Å². The summed E-state index contributed by atoms with van der Waals surface area (Å²) < 4.78 is 0. The Balaban J connectivity index is 1.62. The molecular weight excluding hydrogens is 332 g/mol. The molecule has 0 aromatic heterocycles. The first-order valence-corrected chi connectivity index (χ1v) is 10.5. The molecule has 1 aromatic rings. The normalized spacial score (nSPS) is 17.8. The molecule has 25 heavy (non-hydrogen) atoms. The highest BCUT2D eigenvalue weighted by molar-refractivity contribution is 7.99. The summed E-state index contributed by atoms with van der Waals surface area (Å²) in [7, 11) is 0. The monoisotopic (exact) mass is 360 g/mol. The lowest BCUT2D eigenvalue weighted by molar-refractivity contribution is -0.131. The lowest BCUT2D eigenvalue weighted by atomic mass is 10.1. The molecule has 0 N–H and O–H groups in total. The van der Waals surface area contributed by atoms with E-state index in [4.69, 9.17) is 0 Å². The van der Waals surface area contributed by atoms with Gasteiger partial charge in [0.25, 0.3) is 5.91 Å². The number of fused-ring (bicyclic) bond motifs is 1. The quantitative estimate of drug-likeness (QED) is 0.824. The molecule has 2 aliphatic heterocycles. The van der Waals surface area contributed by atoms with Gasteiger partial charge in [-0.25, -0.2) is 0 Å². The number of aryl methyl sites for hydroxylation is 1. The van der Waals surface area contributed by atoms with Crippen LogP contribution < -0.4 is 0 Å². The molecule has 2 aliphatic rings. The van der Waals surface area contributed by atoms with Gasteiger partial charge >= 0.3 is 0 Å². The van der Waals surface area contributed by atoms with E-state index in [0.717, 1.165) is 44.3 Å². The van der Waals surface area contributed by atoms with E-state index >= 15 is 0 Å². The van der Waals surface area contributed by atoms with Gasteiger partial charge < -0.3 is 9.80 Å². The number of unbranched alkanes of at least 4 members (excludes halogenated alkanes) is 1. The summed E-state index contributed by atoms with van der Waals surface area (Å²) in [5.41, 5.74) is 2.11. The number of hydrogen-bond donors (Lipinski definition) is 0. The van der Waals surface area contributed by atoms with E-state index in [2.05, 4.69) is 19.1 Å². The van der Waals surface area contributed by atoms with Gasteiger partial charge in [-0.15, -0.1) is 11.8 Å². The number of benzene rings is 1. The second-order valence-corrected chi connectivity index (χ2v) is 8.04. The maximum Gasteiger partial charge on any atom is 0.253 e. The van der Waals surface area contributed by atoms with Crippen molar-refractivity contribution in [3.05, 3.63) is 29.3 Å². The third kappa shape index (κ3) is 4.57. The summed E-state index contributed by atoms with van der Waals surface area (Å²) in [6, 6.07) is 6.15. The molecule has 3 rings (SSSR count). The van der Waals surface area contributed by atoms with Crippen LogP contribution in [0.15, 0.2) is 23.1 Å². The van der Waals surface area contributed by atoms with Crippen molar-refractivity contribution in [1.29, 1.82) is 0 Å². The van der Waals surface area contributed by atoms with Crippen molar-refractivity contribution in [2.24, 2.45) is 0 Å². The number of amides is 2. The molecule has 0 unspecified atom stereocenters. The zero-order valence-electron chi connectivity index (χ0n) is 15.1. The molecule has 0 spiro atoms. The van der Waals surface area contributed by atoms with Crippen LogP contribution in [0.3, 0.4) is 0 Å². The van der Waals surface area contributed by atoms with E-state index in [1.807, 2.05) is 27.6 Å². The molecule has 136 valence electrons. The molecule has 1 saturated heterocycles. The van der Waals surface area contributed by atoms with Crippen LogP contribution in [0.2, 0.25) is 0 Å². The highest BCUT2D eigenvalue weighted by Gasteiger charge is 2.23. The van der Waals surface area contributed by atoms with Crippen molar-refractivity contribution in [2.75, 3.05) is 31.9 Å². The Morgan fingerprint density at radius 3 is 2.72 bits per heavy atom. The summed E-state index contributed by atoms with van der Waals surface area (Å²) in [5.74, 6) is 1.53. The molecule has 0 radical (unpaired) electrons. The zero-order chi connectivity index (χ0) is 17.6. The van der Waals surface area contributed by atoms with Crippen molar-refractivity contribution in [1.82, 2.24) is 9.80 Å². The van der Waals surface area contributed by atoms with Crippen LogP contribution in [0, 0.1) is 0 Å². The highest BCUT2D eigenvalue weighted by Crippen LogP contribution is 2.30. The fourth-order valence-corrected chi connectivity index (χ4v) is 4.55. The van der Waals surface area contributed by atoms with E-state index in [-0.39, 0.29) is 11.8 Å².